The van der Waals surface area contributed by atoms with Crippen LogP contribution in [-0.2, 0) is 14.3 Å². The van der Waals surface area contributed by atoms with E-state index >= 15 is 0 Å². The van der Waals surface area contributed by atoms with Gasteiger partial charge in [0.1, 0.15) is 23.7 Å². The average molecular weight is 755 g/mol. The molecule has 2 aliphatic heterocycles. The Bertz CT molecular complexity index is 2040. The molecule has 2 saturated heterocycles. The number of nitrogens with one attached hydrogen (secondary N) is 3. The highest BCUT2D eigenvalue weighted by atomic mass is 19.3. The number of carbonyl (C=O) groups is 4. The first kappa shape index (κ1) is 37.8. The molecule has 0 aliphatic carbocycles. The molecule has 0 radical (unpaired) electrons. The van der Waals surface area contributed by atoms with E-state index in [2.05, 4.69) is 30.0 Å². The zero-order valence-electron chi connectivity index (χ0n) is 29.6. The van der Waals surface area contributed by atoms with E-state index in [4.69, 9.17) is 0 Å². The minimum absolute atomic E-state index is 0.161. The summed E-state index contributed by atoms with van der Waals surface area (Å²) in [5.41, 5.74) is 4.23. The van der Waals surface area contributed by atoms with E-state index in [9.17, 15) is 41.8 Å². The van der Waals surface area contributed by atoms with Gasteiger partial charge in [0.25, 0.3) is 11.8 Å². The van der Waals surface area contributed by atoms with E-state index in [0.717, 1.165) is 38.5 Å². The average Bonchev–Trinajstić information content (AvgIpc) is 3.95. The maximum Gasteiger partial charge on any atom is 0.407 e. The number of benzene rings is 2. The van der Waals surface area contributed by atoms with Crippen molar-refractivity contribution < 1.29 is 46.6 Å². The third-order valence-corrected chi connectivity index (χ3v) is 9.78. The number of likely N-dealkylation sites (tertiary alicyclic amines) is 2. The lowest BCUT2D eigenvalue weighted by Crippen LogP contribution is -2.47. The number of nitrogens with zero attached hydrogens (tertiary/aromatic N) is 5. The zero-order valence-corrected chi connectivity index (χ0v) is 29.6. The van der Waals surface area contributed by atoms with Crippen LogP contribution in [0.4, 0.5) is 27.2 Å². The number of likely N-dealkylation sites (N-methyl/N-ethyl adjacent to an activating group) is 1. The predicted octanol–water partition coefficient (Wildman–Crippen LogP) is 5.69. The van der Waals surface area contributed by atoms with Gasteiger partial charge in [0.2, 0.25) is 11.8 Å². The molecule has 4 amide bonds. The number of H-pyrrole nitrogens is 2. The Morgan fingerprint density at radius 3 is 1.61 bits per heavy atom. The van der Waals surface area contributed by atoms with Crippen LogP contribution in [0.2, 0.25) is 0 Å². The van der Waals surface area contributed by atoms with Gasteiger partial charge < -0.3 is 34.9 Å². The van der Waals surface area contributed by atoms with E-state index < -0.39 is 85.9 Å². The zero-order chi connectivity index (χ0) is 39.1. The summed E-state index contributed by atoms with van der Waals surface area (Å²) < 4.78 is 62.7. The summed E-state index contributed by atoms with van der Waals surface area (Å²) in [4.78, 5) is 66.5. The smallest absolute Gasteiger partial charge is 0.407 e. The maximum atomic E-state index is 14.5. The molecule has 18 heteroatoms. The number of rotatable bonds is 9. The van der Waals surface area contributed by atoms with Gasteiger partial charge in [-0.3, -0.25) is 14.5 Å². The van der Waals surface area contributed by atoms with Gasteiger partial charge in [-0.05, 0) is 36.1 Å². The highest BCUT2D eigenvalue weighted by molar-refractivity contribution is 5.86. The summed E-state index contributed by atoms with van der Waals surface area (Å²) in [6.07, 6.45) is -0.508. The summed E-state index contributed by atoms with van der Waals surface area (Å²) in [6, 6.07) is 10.4. The standard InChI is InChI=1S/C36H38F4N8O6/c1-19(43-33(51)54-4)31(49)47-17-35(37,38)13-27(47)29-41-15-25(44-29)23-9-5-21(6-10-23)22-7-11-24(12-8-22)26-16-42-30(45-26)28-14-36(39,40)18-48(28)32(50)20(2)46(3)34(52)53/h5-12,15-16,19-20,27-28H,13-14,17-18H2,1-4H3,(H,41,44)(H,42,45)(H,43,51)(H,52,53)/t19-,20-,27-,28-/m0/s1. The molecule has 286 valence electrons. The van der Waals surface area contributed by atoms with Gasteiger partial charge in [-0.1, -0.05) is 48.5 Å². The number of imidazole rings is 2. The summed E-state index contributed by atoms with van der Waals surface area (Å²) in [7, 11) is 2.33. The van der Waals surface area contributed by atoms with Gasteiger partial charge in [-0.15, -0.1) is 0 Å². The number of ether oxygens (including phenoxy) is 1. The second-order valence-electron chi connectivity index (χ2n) is 13.5. The summed E-state index contributed by atoms with van der Waals surface area (Å²) in [6.45, 7) is 1.06. The molecule has 4 atom stereocenters. The number of aromatic amines is 2. The van der Waals surface area contributed by atoms with E-state index in [1.807, 2.05) is 48.5 Å². The highest BCUT2D eigenvalue weighted by Gasteiger charge is 2.51. The van der Waals surface area contributed by atoms with Crippen LogP contribution in [0.25, 0.3) is 33.6 Å². The Balaban J connectivity index is 1.14. The third kappa shape index (κ3) is 7.72. The number of aromatic nitrogens is 4. The predicted molar refractivity (Wildman–Crippen MR) is 185 cm³/mol. The fourth-order valence-electron chi connectivity index (χ4n) is 6.69. The number of alkyl halides is 4. The third-order valence-electron chi connectivity index (χ3n) is 9.78. The highest BCUT2D eigenvalue weighted by Crippen LogP contribution is 2.42. The minimum Gasteiger partial charge on any atom is -0.465 e. The first-order chi connectivity index (χ1) is 25.5. The second-order valence-corrected chi connectivity index (χ2v) is 13.5. The van der Waals surface area contributed by atoms with Crippen molar-refractivity contribution in [3.05, 3.63) is 72.6 Å². The molecular formula is C36H38F4N8O6. The molecule has 4 aromatic rings. The van der Waals surface area contributed by atoms with Crippen molar-refractivity contribution in [2.45, 2.75) is 62.7 Å². The fraction of sp³-hybridized carbons (Fsp3) is 0.389. The van der Waals surface area contributed by atoms with Crippen LogP contribution < -0.4 is 5.32 Å². The molecule has 0 unspecified atom stereocenters. The lowest BCUT2D eigenvalue weighted by Gasteiger charge is -2.29. The molecule has 14 nitrogen and oxygen atoms in total. The van der Waals surface area contributed by atoms with Crippen molar-refractivity contribution in [2.24, 2.45) is 0 Å². The van der Waals surface area contributed by atoms with Crippen LogP contribution >= 0.6 is 0 Å². The number of methoxy groups -OCH3 is 1. The minimum atomic E-state index is -3.18. The van der Waals surface area contributed by atoms with Crippen LogP contribution in [-0.4, -0.2) is 115 Å². The molecular weight excluding hydrogens is 716 g/mol. The van der Waals surface area contributed by atoms with E-state index in [1.165, 1.54) is 33.3 Å². The lowest BCUT2D eigenvalue weighted by molar-refractivity contribution is -0.137. The van der Waals surface area contributed by atoms with Crippen LogP contribution in [0.1, 0.15) is 50.4 Å². The Morgan fingerprint density at radius 2 is 1.20 bits per heavy atom. The number of carboxylic acid groups (broad SMARTS) is 1. The van der Waals surface area contributed by atoms with Gasteiger partial charge in [0.15, 0.2) is 0 Å². The number of amides is 4. The molecule has 2 aromatic heterocycles. The molecule has 2 fully saturated rings. The van der Waals surface area contributed by atoms with Gasteiger partial charge in [0, 0.05) is 19.9 Å². The van der Waals surface area contributed by atoms with Crippen LogP contribution in [0, 0.1) is 0 Å². The molecule has 54 heavy (non-hydrogen) atoms. The summed E-state index contributed by atoms with van der Waals surface area (Å²) in [5.74, 6) is -7.42. The fourth-order valence-corrected chi connectivity index (χ4v) is 6.69. The van der Waals surface area contributed by atoms with Gasteiger partial charge in [-0.2, -0.15) is 0 Å². The topological polar surface area (TPSA) is 177 Å². The number of hydrogen-bond acceptors (Lipinski definition) is 7. The summed E-state index contributed by atoms with van der Waals surface area (Å²) >= 11 is 0. The largest absolute Gasteiger partial charge is 0.465 e. The quantitative estimate of drug-likeness (QED) is 0.158. The van der Waals surface area contributed by atoms with Gasteiger partial charge in [0.05, 0.1) is 56.1 Å². The molecule has 4 heterocycles. The molecule has 0 spiro atoms. The molecule has 4 N–H and O–H groups in total. The first-order valence-corrected chi connectivity index (χ1v) is 16.9. The SMILES string of the molecule is COC(=O)N[C@@H](C)C(=O)N1CC(F)(F)C[C@H]1c1ncc(-c2ccc(-c3ccc(-c4cnc([C@@H]5CC(F)(F)CN5C(=O)[C@H](C)N(C)C(=O)O)[nH]4)cc3)cc2)[nH]1. The number of alkyl carbamates (subject to hydrolysis) is 1. The summed E-state index contributed by atoms with van der Waals surface area (Å²) in [5, 5.41) is 11.6. The molecule has 0 saturated carbocycles. The normalized spacial score (nSPS) is 20.0. The van der Waals surface area contributed by atoms with Crippen LogP contribution in [0.5, 0.6) is 0 Å². The number of halogens is 4. The Labute approximate surface area is 306 Å². The Kier molecular flexibility index (Phi) is 10.1. The van der Waals surface area contributed by atoms with Crippen LogP contribution in [0.15, 0.2) is 60.9 Å². The van der Waals surface area contributed by atoms with Crippen molar-refractivity contribution in [3.8, 4) is 33.6 Å². The van der Waals surface area contributed by atoms with Crippen LogP contribution in [0.3, 0.4) is 0 Å². The van der Waals surface area contributed by atoms with Crippen molar-refractivity contribution >= 4 is 24.0 Å². The Hall–Kier alpha value is -5.94. The molecule has 0 bridgehead atoms. The van der Waals surface area contributed by atoms with Crippen molar-refractivity contribution in [1.29, 1.82) is 0 Å². The number of carbonyl (C=O) groups excluding carboxylic acids is 3. The maximum absolute atomic E-state index is 14.5. The molecule has 6 rings (SSSR count). The number of hydrogen-bond donors (Lipinski definition) is 4. The van der Waals surface area contributed by atoms with Crippen molar-refractivity contribution in [3.63, 3.8) is 0 Å². The van der Waals surface area contributed by atoms with E-state index in [1.54, 1.807) is 0 Å². The van der Waals surface area contributed by atoms with Crippen molar-refractivity contribution in [1.82, 2.24) is 40.0 Å². The van der Waals surface area contributed by atoms with E-state index in [0.29, 0.717) is 17.0 Å². The van der Waals surface area contributed by atoms with Gasteiger partial charge >= 0.3 is 12.2 Å². The first-order valence-electron chi connectivity index (χ1n) is 16.9. The Morgan fingerprint density at radius 1 is 0.796 bits per heavy atom. The van der Waals surface area contributed by atoms with E-state index in [-0.39, 0.29) is 11.6 Å². The monoisotopic (exact) mass is 754 g/mol. The van der Waals surface area contributed by atoms with Crippen molar-refractivity contribution in [2.75, 3.05) is 27.2 Å². The molecule has 2 aromatic carbocycles. The molecule has 2 aliphatic rings. The van der Waals surface area contributed by atoms with Gasteiger partial charge in [-0.25, -0.2) is 37.1 Å². The lowest BCUT2D eigenvalue weighted by atomic mass is 10.0. The second kappa shape index (κ2) is 14.5.